The van der Waals surface area contributed by atoms with E-state index in [4.69, 9.17) is 0 Å². The van der Waals surface area contributed by atoms with Gasteiger partial charge in [-0.25, -0.2) is 4.39 Å². The summed E-state index contributed by atoms with van der Waals surface area (Å²) in [5.41, 5.74) is 1.75. The van der Waals surface area contributed by atoms with Gasteiger partial charge in [0.05, 0.1) is 11.5 Å². The molecule has 0 bridgehead atoms. The summed E-state index contributed by atoms with van der Waals surface area (Å²) in [6.07, 6.45) is 1.94. The summed E-state index contributed by atoms with van der Waals surface area (Å²) >= 11 is -1.41. The van der Waals surface area contributed by atoms with Crippen molar-refractivity contribution in [3.8, 4) is 0 Å². The van der Waals surface area contributed by atoms with Crippen LogP contribution in [0.15, 0.2) is 41.9 Å². The third-order valence-corrected chi connectivity index (χ3v) is 5.23. The summed E-state index contributed by atoms with van der Waals surface area (Å²) < 4.78 is 28.1. The maximum Gasteiger partial charge on any atom is 0.136 e. The van der Waals surface area contributed by atoms with Crippen LogP contribution in [0.1, 0.15) is 58.2 Å². The molecule has 0 aliphatic rings. The van der Waals surface area contributed by atoms with Gasteiger partial charge >= 0.3 is 0 Å². The van der Waals surface area contributed by atoms with Gasteiger partial charge in [0, 0.05) is 23.4 Å². The molecule has 0 aromatic heterocycles. The van der Waals surface area contributed by atoms with Gasteiger partial charge in [-0.15, -0.1) is 4.72 Å². The molecule has 0 amide bonds. The highest BCUT2D eigenvalue weighted by molar-refractivity contribution is 7.90. The molecule has 1 unspecified atom stereocenters. The number of allylic oxidation sites excluding steroid dienone is 4. The third kappa shape index (κ3) is 6.38. The van der Waals surface area contributed by atoms with E-state index in [1.54, 1.807) is 31.2 Å². The predicted molar refractivity (Wildman–Crippen MR) is 102 cm³/mol. The van der Waals surface area contributed by atoms with Crippen molar-refractivity contribution in [2.24, 2.45) is 0 Å². The molecule has 0 spiro atoms. The van der Waals surface area contributed by atoms with Gasteiger partial charge in [0.15, 0.2) is 0 Å². The highest BCUT2D eigenvalue weighted by Gasteiger charge is 2.30. The van der Waals surface area contributed by atoms with Crippen LogP contribution >= 0.6 is 0 Å². The minimum atomic E-state index is -1.41. The lowest BCUT2D eigenvalue weighted by Crippen LogP contribution is -2.41. The van der Waals surface area contributed by atoms with Crippen molar-refractivity contribution < 1.29 is 19.2 Å². The zero-order valence-corrected chi connectivity index (χ0v) is 16.3. The van der Waals surface area contributed by atoms with E-state index in [0.29, 0.717) is 23.1 Å². The van der Waals surface area contributed by atoms with Gasteiger partial charge in [-0.2, -0.15) is 0 Å². The molecule has 3 N–H and O–H groups in total. The van der Waals surface area contributed by atoms with Crippen molar-refractivity contribution >= 4 is 16.9 Å². The Morgan fingerprint density at radius 1 is 1.36 bits per heavy atom. The van der Waals surface area contributed by atoms with Gasteiger partial charge in [0.25, 0.3) is 0 Å². The lowest BCUT2D eigenvalue weighted by atomic mass is 9.98. The summed E-state index contributed by atoms with van der Waals surface area (Å²) in [5, 5.41) is 19.7. The Morgan fingerprint density at radius 2 is 2.00 bits per heavy atom. The first-order chi connectivity index (χ1) is 11.6. The molecule has 0 heterocycles. The van der Waals surface area contributed by atoms with Crippen molar-refractivity contribution in [3.63, 3.8) is 0 Å². The van der Waals surface area contributed by atoms with Gasteiger partial charge in [-0.3, -0.25) is 0 Å². The van der Waals surface area contributed by atoms with Crippen LogP contribution in [0.2, 0.25) is 0 Å². The minimum absolute atomic E-state index is 0.0557. The highest BCUT2D eigenvalue weighted by atomic mass is 32.2. The zero-order chi connectivity index (χ0) is 19.2. The SMILES string of the molecule is CC/C(O)=C\C(=C(/C)O)c1cccc(C(CF)N[S@+]([O-])C(C)(C)C)c1. The first-order valence-electron chi connectivity index (χ1n) is 8.23. The smallest absolute Gasteiger partial charge is 0.136 e. The zero-order valence-electron chi connectivity index (χ0n) is 15.5. The quantitative estimate of drug-likeness (QED) is 0.363. The summed E-state index contributed by atoms with van der Waals surface area (Å²) in [5.74, 6) is 0.197. The van der Waals surface area contributed by atoms with Crippen LogP contribution in [0, 0.1) is 0 Å². The Kier molecular flexibility index (Phi) is 7.99. The van der Waals surface area contributed by atoms with Crippen LogP contribution in [0.5, 0.6) is 0 Å². The van der Waals surface area contributed by atoms with Crippen LogP contribution < -0.4 is 4.72 Å². The van der Waals surface area contributed by atoms with Crippen molar-refractivity contribution in [3.05, 3.63) is 53.0 Å². The molecule has 140 valence electrons. The highest BCUT2D eigenvalue weighted by Crippen LogP contribution is 2.26. The van der Waals surface area contributed by atoms with Crippen molar-refractivity contribution in [2.75, 3.05) is 6.67 Å². The number of halogens is 1. The first kappa shape index (κ1) is 21.5. The van der Waals surface area contributed by atoms with Gasteiger partial charge in [0.2, 0.25) is 0 Å². The molecule has 2 atom stereocenters. The summed E-state index contributed by atoms with van der Waals surface area (Å²) in [6.45, 7) is 8.07. The normalized spacial score (nSPS) is 16.4. The molecule has 0 radical (unpaired) electrons. The standard InChI is InChI=1S/C19H28FNO3S/c1-6-16(23)11-17(13(2)22)14-8-7-9-15(10-14)18(12-20)21-25(24)19(3,4)5/h7-11,18,21-23H,6,12H2,1-5H3/b16-11+,17-13-/t18?,25-/m1/s1. The lowest BCUT2D eigenvalue weighted by Gasteiger charge is -2.27. The lowest BCUT2D eigenvalue weighted by molar-refractivity contribution is 0.393. The fourth-order valence-electron chi connectivity index (χ4n) is 2.08. The number of aliphatic hydroxyl groups is 2. The van der Waals surface area contributed by atoms with Crippen molar-refractivity contribution in [1.82, 2.24) is 4.72 Å². The summed E-state index contributed by atoms with van der Waals surface area (Å²) in [6, 6.07) is 6.27. The maximum atomic E-state index is 13.5. The fraction of sp³-hybridized carbons (Fsp3) is 0.474. The average molecular weight is 370 g/mol. The molecule has 25 heavy (non-hydrogen) atoms. The predicted octanol–water partition coefficient (Wildman–Crippen LogP) is 4.89. The summed E-state index contributed by atoms with van der Waals surface area (Å²) in [4.78, 5) is 0. The number of benzene rings is 1. The van der Waals surface area contributed by atoms with Gasteiger partial charge in [0.1, 0.15) is 17.5 Å². The summed E-state index contributed by atoms with van der Waals surface area (Å²) in [7, 11) is 0. The number of hydrogen-bond acceptors (Lipinski definition) is 4. The molecule has 0 aliphatic heterocycles. The van der Waals surface area contributed by atoms with Crippen LogP contribution in [-0.4, -0.2) is 26.2 Å². The number of rotatable bonds is 7. The van der Waals surface area contributed by atoms with Crippen LogP contribution in [0.25, 0.3) is 5.57 Å². The monoisotopic (exact) mass is 369 g/mol. The Labute approximate surface area is 152 Å². The molecule has 6 heteroatoms. The molecule has 0 aliphatic carbocycles. The van der Waals surface area contributed by atoms with E-state index in [1.807, 2.05) is 20.8 Å². The molecule has 0 saturated heterocycles. The molecular weight excluding hydrogens is 341 g/mol. The minimum Gasteiger partial charge on any atom is -0.598 e. The molecule has 4 nitrogen and oxygen atoms in total. The van der Waals surface area contributed by atoms with E-state index >= 15 is 0 Å². The van der Waals surface area contributed by atoms with Crippen LogP contribution in [-0.2, 0) is 11.4 Å². The third-order valence-electron chi connectivity index (χ3n) is 3.62. The second kappa shape index (κ2) is 9.27. The first-order valence-corrected chi connectivity index (χ1v) is 9.38. The number of alkyl halides is 1. The van der Waals surface area contributed by atoms with Crippen LogP contribution in [0.3, 0.4) is 0 Å². The average Bonchev–Trinajstić information content (AvgIpc) is 2.55. The van der Waals surface area contributed by atoms with E-state index in [0.717, 1.165) is 0 Å². The number of aliphatic hydroxyl groups excluding tert-OH is 2. The molecule has 1 aromatic carbocycles. The molecule has 1 rings (SSSR count). The topological polar surface area (TPSA) is 75.5 Å². The molecule has 1 aromatic rings. The number of hydrogen-bond donors (Lipinski definition) is 3. The van der Waals surface area contributed by atoms with Crippen molar-refractivity contribution in [2.45, 2.75) is 51.8 Å². The van der Waals surface area contributed by atoms with Crippen molar-refractivity contribution in [1.29, 1.82) is 0 Å². The second-order valence-electron chi connectivity index (χ2n) is 6.82. The maximum absolute atomic E-state index is 13.5. The van der Waals surface area contributed by atoms with E-state index in [2.05, 4.69) is 4.72 Å². The van der Waals surface area contributed by atoms with Gasteiger partial charge in [-0.05, 0) is 51.0 Å². The Morgan fingerprint density at radius 3 is 2.48 bits per heavy atom. The Hall–Kier alpha value is -1.50. The Bertz CT molecular complexity index is 634. The molecule has 0 saturated carbocycles. The van der Waals surface area contributed by atoms with Gasteiger partial charge in [-0.1, -0.05) is 25.1 Å². The van der Waals surface area contributed by atoms with E-state index in [1.165, 1.54) is 13.0 Å². The van der Waals surface area contributed by atoms with Crippen LogP contribution in [0.4, 0.5) is 4.39 Å². The van der Waals surface area contributed by atoms with Gasteiger partial charge < -0.3 is 14.8 Å². The molecular formula is C19H28FNO3S. The second-order valence-corrected chi connectivity index (χ2v) is 8.82. The van der Waals surface area contributed by atoms with E-state index in [-0.39, 0.29) is 11.5 Å². The number of nitrogens with one attached hydrogen (secondary N) is 1. The van der Waals surface area contributed by atoms with E-state index < -0.39 is 28.8 Å². The largest absolute Gasteiger partial charge is 0.598 e. The Balaban J connectivity index is 3.20. The fourth-order valence-corrected chi connectivity index (χ4v) is 2.89. The van der Waals surface area contributed by atoms with E-state index in [9.17, 15) is 19.2 Å². The molecule has 0 fully saturated rings.